The van der Waals surface area contributed by atoms with E-state index in [-0.39, 0.29) is 30.3 Å². The van der Waals surface area contributed by atoms with Gasteiger partial charge in [-0.15, -0.1) is 24.2 Å². The van der Waals surface area contributed by atoms with Gasteiger partial charge in [0.15, 0.2) is 0 Å². The first kappa shape index (κ1) is 24.8. The second kappa shape index (κ2) is 12.4. The molecule has 1 saturated heterocycles. The molecular formula is C22H34ClN3O3S. The number of thioether (sulfide) groups is 1. The van der Waals surface area contributed by atoms with Crippen LogP contribution in [0, 0.1) is 5.92 Å². The number of carbonyl (C=O) groups is 2. The highest BCUT2D eigenvalue weighted by Crippen LogP contribution is 2.31. The van der Waals surface area contributed by atoms with Gasteiger partial charge in [0.05, 0.1) is 12.8 Å². The normalized spacial score (nSPS) is 21.5. The number of amides is 1. The molecular weight excluding hydrogens is 422 g/mol. The van der Waals surface area contributed by atoms with Gasteiger partial charge in [0, 0.05) is 49.1 Å². The number of benzene rings is 1. The highest BCUT2D eigenvalue weighted by Gasteiger charge is 2.24. The highest BCUT2D eigenvalue weighted by atomic mass is 35.5. The fraction of sp³-hybridized carbons (Fsp3) is 0.636. The zero-order valence-corrected chi connectivity index (χ0v) is 19.6. The standard InChI is InChI=1S/C22H33N3O3S.ClH/c1-28-21(26)10-5-16-3-7-18(8-4-16)24-22(27)17-6-9-19(20(15-17)29-2)25-13-11-23-12-14-25;/h6,9,15-16,18,23H,3-5,7-8,10-14H2,1-2H3,(H,24,27);1H/t16-,18-;. The van der Waals surface area contributed by atoms with E-state index in [4.69, 9.17) is 4.74 Å². The molecule has 168 valence electrons. The molecule has 2 aliphatic rings. The summed E-state index contributed by atoms with van der Waals surface area (Å²) >= 11 is 1.70. The van der Waals surface area contributed by atoms with Gasteiger partial charge in [-0.05, 0) is 62.5 Å². The SMILES string of the molecule is COC(=O)CC[C@H]1CC[C@H](NC(=O)c2ccc(N3CCNCC3)c(SC)c2)CC1.Cl. The summed E-state index contributed by atoms with van der Waals surface area (Å²) in [6, 6.07) is 6.30. The smallest absolute Gasteiger partial charge is 0.305 e. The van der Waals surface area contributed by atoms with Crippen molar-refractivity contribution in [3.63, 3.8) is 0 Å². The molecule has 1 aromatic rings. The Morgan fingerprint density at radius 2 is 1.90 bits per heavy atom. The number of anilines is 1. The Bertz CT molecular complexity index is 705. The van der Waals surface area contributed by atoms with E-state index >= 15 is 0 Å². The van der Waals surface area contributed by atoms with Crippen LogP contribution >= 0.6 is 24.2 Å². The van der Waals surface area contributed by atoms with Crippen LogP contribution in [0.25, 0.3) is 0 Å². The van der Waals surface area contributed by atoms with Crippen molar-refractivity contribution in [1.29, 1.82) is 0 Å². The maximum atomic E-state index is 12.8. The van der Waals surface area contributed by atoms with Gasteiger partial charge in [0.1, 0.15) is 0 Å². The van der Waals surface area contributed by atoms with Crippen molar-refractivity contribution in [2.45, 2.75) is 49.5 Å². The van der Waals surface area contributed by atoms with Gasteiger partial charge < -0.3 is 20.3 Å². The van der Waals surface area contributed by atoms with Crippen molar-refractivity contribution in [3.05, 3.63) is 23.8 Å². The van der Waals surface area contributed by atoms with Crippen molar-refractivity contribution in [2.24, 2.45) is 5.92 Å². The molecule has 1 aliphatic heterocycles. The molecule has 1 amide bonds. The summed E-state index contributed by atoms with van der Waals surface area (Å²) in [6.45, 7) is 3.99. The predicted octanol–water partition coefficient (Wildman–Crippen LogP) is 3.48. The van der Waals surface area contributed by atoms with Crippen LogP contribution in [-0.4, -0.2) is 57.5 Å². The van der Waals surface area contributed by atoms with Gasteiger partial charge in [-0.3, -0.25) is 9.59 Å². The monoisotopic (exact) mass is 455 g/mol. The number of hydrogen-bond donors (Lipinski definition) is 2. The van der Waals surface area contributed by atoms with E-state index in [0.717, 1.165) is 68.7 Å². The fourth-order valence-electron chi connectivity index (χ4n) is 4.27. The number of esters is 1. The van der Waals surface area contributed by atoms with Crippen molar-refractivity contribution < 1.29 is 14.3 Å². The second-order valence-electron chi connectivity index (χ2n) is 7.93. The van der Waals surface area contributed by atoms with E-state index in [0.29, 0.717) is 12.3 Å². The lowest BCUT2D eigenvalue weighted by atomic mass is 9.83. The molecule has 2 fully saturated rings. The number of halogens is 1. The molecule has 30 heavy (non-hydrogen) atoms. The van der Waals surface area contributed by atoms with Gasteiger partial charge in [-0.25, -0.2) is 0 Å². The van der Waals surface area contributed by atoms with Gasteiger partial charge in [-0.1, -0.05) is 0 Å². The lowest BCUT2D eigenvalue weighted by Gasteiger charge is -2.31. The minimum atomic E-state index is -0.130. The van der Waals surface area contributed by atoms with E-state index in [1.165, 1.54) is 12.8 Å². The Hall–Kier alpha value is -1.44. The van der Waals surface area contributed by atoms with E-state index in [1.807, 2.05) is 12.1 Å². The molecule has 0 radical (unpaired) electrons. The lowest BCUT2D eigenvalue weighted by Crippen LogP contribution is -2.43. The fourth-order valence-corrected chi connectivity index (χ4v) is 4.93. The largest absolute Gasteiger partial charge is 0.469 e. The molecule has 8 heteroatoms. The molecule has 0 bridgehead atoms. The number of methoxy groups -OCH3 is 1. The number of hydrogen-bond acceptors (Lipinski definition) is 6. The quantitative estimate of drug-likeness (QED) is 0.484. The summed E-state index contributed by atoms with van der Waals surface area (Å²) in [5.41, 5.74) is 1.96. The molecule has 1 aromatic carbocycles. The molecule has 0 aromatic heterocycles. The average molecular weight is 456 g/mol. The second-order valence-corrected chi connectivity index (χ2v) is 8.78. The molecule has 3 rings (SSSR count). The molecule has 6 nitrogen and oxygen atoms in total. The first-order valence-corrected chi connectivity index (χ1v) is 11.8. The first-order valence-electron chi connectivity index (χ1n) is 10.6. The molecule has 1 heterocycles. The molecule has 0 spiro atoms. The number of ether oxygens (including phenoxy) is 1. The van der Waals surface area contributed by atoms with E-state index < -0.39 is 0 Å². The van der Waals surface area contributed by atoms with Crippen molar-refractivity contribution >= 4 is 41.7 Å². The van der Waals surface area contributed by atoms with E-state index in [2.05, 4.69) is 27.9 Å². The van der Waals surface area contributed by atoms with Crippen LogP contribution in [0.1, 0.15) is 48.9 Å². The summed E-state index contributed by atoms with van der Waals surface area (Å²) in [6.07, 6.45) is 7.52. The Morgan fingerprint density at radius 3 is 2.53 bits per heavy atom. The van der Waals surface area contributed by atoms with E-state index in [1.54, 1.807) is 11.8 Å². The Labute approximate surface area is 190 Å². The van der Waals surface area contributed by atoms with Crippen LogP contribution in [0.4, 0.5) is 5.69 Å². The molecule has 0 atom stereocenters. The zero-order valence-electron chi connectivity index (χ0n) is 17.9. The topological polar surface area (TPSA) is 70.7 Å². The maximum absolute atomic E-state index is 12.8. The number of carbonyl (C=O) groups excluding carboxylic acids is 2. The zero-order chi connectivity index (χ0) is 20.6. The Kier molecular flexibility index (Phi) is 10.3. The highest BCUT2D eigenvalue weighted by molar-refractivity contribution is 7.98. The average Bonchev–Trinajstić information content (AvgIpc) is 2.78. The summed E-state index contributed by atoms with van der Waals surface area (Å²) < 4.78 is 4.73. The minimum absolute atomic E-state index is 0. The molecule has 1 saturated carbocycles. The third kappa shape index (κ3) is 6.79. The Morgan fingerprint density at radius 1 is 1.20 bits per heavy atom. The van der Waals surface area contributed by atoms with Gasteiger partial charge >= 0.3 is 5.97 Å². The summed E-state index contributed by atoms with van der Waals surface area (Å²) in [7, 11) is 1.44. The van der Waals surface area contributed by atoms with Crippen LogP contribution in [0.5, 0.6) is 0 Å². The number of nitrogens with one attached hydrogen (secondary N) is 2. The minimum Gasteiger partial charge on any atom is -0.469 e. The molecule has 2 N–H and O–H groups in total. The predicted molar refractivity (Wildman–Crippen MR) is 125 cm³/mol. The number of piperazine rings is 1. The molecule has 0 unspecified atom stereocenters. The summed E-state index contributed by atoms with van der Waals surface area (Å²) in [5, 5.41) is 6.60. The van der Waals surface area contributed by atoms with Crippen LogP contribution < -0.4 is 15.5 Å². The van der Waals surface area contributed by atoms with Gasteiger partial charge in [0.2, 0.25) is 0 Å². The first-order chi connectivity index (χ1) is 14.1. The van der Waals surface area contributed by atoms with Crippen molar-refractivity contribution in [1.82, 2.24) is 10.6 Å². The Balaban J connectivity index is 0.00000320. The summed E-state index contributed by atoms with van der Waals surface area (Å²) in [4.78, 5) is 27.7. The van der Waals surface area contributed by atoms with Crippen LogP contribution in [0.3, 0.4) is 0 Å². The molecule has 1 aliphatic carbocycles. The third-order valence-electron chi connectivity index (χ3n) is 6.07. The van der Waals surface area contributed by atoms with Gasteiger partial charge in [-0.2, -0.15) is 0 Å². The number of nitrogens with zero attached hydrogens (tertiary/aromatic N) is 1. The third-order valence-corrected chi connectivity index (χ3v) is 6.83. The van der Waals surface area contributed by atoms with Crippen LogP contribution in [-0.2, 0) is 9.53 Å². The number of rotatable bonds is 7. The maximum Gasteiger partial charge on any atom is 0.305 e. The van der Waals surface area contributed by atoms with Crippen LogP contribution in [0.2, 0.25) is 0 Å². The van der Waals surface area contributed by atoms with Crippen LogP contribution in [0.15, 0.2) is 23.1 Å². The van der Waals surface area contributed by atoms with Crippen molar-refractivity contribution in [2.75, 3.05) is 44.4 Å². The van der Waals surface area contributed by atoms with E-state index in [9.17, 15) is 9.59 Å². The van der Waals surface area contributed by atoms with Crippen molar-refractivity contribution in [3.8, 4) is 0 Å². The van der Waals surface area contributed by atoms with Gasteiger partial charge in [0.25, 0.3) is 5.91 Å². The lowest BCUT2D eigenvalue weighted by molar-refractivity contribution is -0.141. The summed E-state index contributed by atoms with van der Waals surface area (Å²) in [5.74, 6) is 0.447.